The van der Waals surface area contributed by atoms with Gasteiger partial charge in [-0.25, -0.2) is 0 Å². The highest BCUT2D eigenvalue weighted by Crippen LogP contribution is 2.16. The molecule has 0 aliphatic carbocycles. The number of fused-ring (bicyclic) bond motifs is 1. The number of nitrogens with one attached hydrogen (secondary N) is 1. The van der Waals surface area contributed by atoms with E-state index in [9.17, 15) is 4.79 Å². The minimum Gasteiger partial charge on any atom is -0.472 e. The first-order valence-electron chi connectivity index (χ1n) is 5.51. The maximum absolute atomic E-state index is 11.8. The van der Waals surface area contributed by atoms with Gasteiger partial charge in [-0.1, -0.05) is 18.2 Å². The molecule has 3 aromatic rings. The Kier molecular flexibility index (Phi) is 2.53. The number of benzene rings is 1. The van der Waals surface area contributed by atoms with Crippen molar-refractivity contribution in [2.24, 2.45) is 0 Å². The number of hydrogen-bond donors (Lipinski definition) is 1. The van der Waals surface area contributed by atoms with Gasteiger partial charge in [0.05, 0.1) is 29.2 Å². The van der Waals surface area contributed by atoms with E-state index in [0.29, 0.717) is 11.3 Å². The van der Waals surface area contributed by atoms with Crippen LogP contribution in [0.15, 0.2) is 59.5 Å². The molecule has 4 heteroatoms. The zero-order valence-corrected chi connectivity index (χ0v) is 9.46. The van der Waals surface area contributed by atoms with Gasteiger partial charge in [0.1, 0.15) is 6.26 Å². The van der Waals surface area contributed by atoms with Crippen LogP contribution in [0.25, 0.3) is 10.9 Å². The number of carbonyl (C=O) groups is 1. The SMILES string of the molecule is O=C(Nc1cnc2ccccc2c1)c1ccoc1. The molecule has 0 saturated carbocycles. The zero-order valence-electron chi connectivity index (χ0n) is 9.46. The molecular weight excluding hydrogens is 228 g/mol. The average molecular weight is 238 g/mol. The van der Waals surface area contributed by atoms with Crippen LogP contribution in [0.3, 0.4) is 0 Å². The predicted octanol–water partition coefficient (Wildman–Crippen LogP) is 3.08. The molecule has 3 rings (SSSR count). The fraction of sp³-hybridized carbons (Fsp3) is 0. The number of anilines is 1. The van der Waals surface area contributed by atoms with Gasteiger partial charge in [-0.3, -0.25) is 9.78 Å². The summed E-state index contributed by atoms with van der Waals surface area (Å²) in [6.45, 7) is 0. The van der Waals surface area contributed by atoms with E-state index in [1.54, 1.807) is 12.3 Å². The minimum atomic E-state index is -0.208. The summed E-state index contributed by atoms with van der Waals surface area (Å²) in [5.41, 5.74) is 2.06. The summed E-state index contributed by atoms with van der Waals surface area (Å²) in [5, 5.41) is 3.76. The summed E-state index contributed by atoms with van der Waals surface area (Å²) >= 11 is 0. The molecule has 1 aromatic carbocycles. The molecule has 88 valence electrons. The Morgan fingerprint density at radius 2 is 2.11 bits per heavy atom. The second kappa shape index (κ2) is 4.33. The summed E-state index contributed by atoms with van der Waals surface area (Å²) in [5.74, 6) is -0.208. The van der Waals surface area contributed by atoms with E-state index in [0.717, 1.165) is 10.9 Å². The summed E-state index contributed by atoms with van der Waals surface area (Å²) < 4.78 is 4.87. The number of carbonyl (C=O) groups excluding carboxylic acids is 1. The maximum atomic E-state index is 11.8. The molecule has 2 aromatic heterocycles. The van der Waals surface area contributed by atoms with Gasteiger partial charge in [0.2, 0.25) is 0 Å². The molecule has 4 nitrogen and oxygen atoms in total. The number of para-hydroxylation sites is 1. The van der Waals surface area contributed by atoms with Crippen molar-refractivity contribution in [3.05, 3.63) is 60.7 Å². The normalized spacial score (nSPS) is 10.4. The molecular formula is C14H10N2O2. The van der Waals surface area contributed by atoms with Crippen molar-refractivity contribution < 1.29 is 9.21 Å². The van der Waals surface area contributed by atoms with Gasteiger partial charge < -0.3 is 9.73 Å². The van der Waals surface area contributed by atoms with Crippen LogP contribution in [-0.2, 0) is 0 Å². The highest BCUT2D eigenvalue weighted by Gasteiger charge is 2.07. The lowest BCUT2D eigenvalue weighted by Crippen LogP contribution is -2.10. The number of rotatable bonds is 2. The molecule has 0 aliphatic heterocycles. The molecule has 1 amide bonds. The Balaban J connectivity index is 1.89. The summed E-state index contributed by atoms with van der Waals surface area (Å²) in [6, 6.07) is 11.3. The molecule has 0 radical (unpaired) electrons. The van der Waals surface area contributed by atoms with Crippen molar-refractivity contribution in [3.8, 4) is 0 Å². The van der Waals surface area contributed by atoms with E-state index in [2.05, 4.69) is 10.3 Å². The van der Waals surface area contributed by atoms with Crippen molar-refractivity contribution in [2.75, 3.05) is 5.32 Å². The Bertz CT molecular complexity index is 690. The molecule has 0 bridgehead atoms. The molecule has 0 fully saturated rings. The van der Waals surface area contributed by atoms with Gasteiger partial charge in [0.25, 0.3) is 5.91 Å². The standard InChI is InChI=1S/C14H10N2O2/c17-14(11-5-6-18-9-11)16-12-7-10-3-1-2-4-13(10)15-8-12/h1-9H,(H,16,17). The van der Waals surface area contributed by atoms with Crippen LogP contribution < -0.4 is 5.32 Å². The topological polar surface area (TPSA) is 55.1 Å². The number of furan rings is 1. The monoisotopic (exact) mass is 238 g/mol. The van der Waals surface area contributed by atoms with Crippen LogP contribution in [0.4, 0.5) is 5.69 Å². The smallest absolute Gasteiger partial charge is 0.258 e. The third kappa shape index (κ3) is 1.96. The average Bonchev–Trinajstić information content (AvgIpc) is 2.92. The quantitative estimate of drug-likeness (QED) is 0.746. The highest BCUT2D eigenvalue weighted by atomic mass is 16.3. The Morgan fingerprint density at radius 1 is 1.22 bits per heavy atom. The van der Waals surface area contributed by atoms with Crippen molar-refractivity contribution in [1.29, 1.82) is 0 Å². The molecule has 1 N–H and O–H groups in total. The highest BCUT2D eigenvalue weighted by molar-refractivity contribution is 6.04. The summed E-state index contributed by atoms with van der Waals surface area (Å²) in [6.07, 6.45) is 4.51. The number of pyridine rings is 1. The van der Waals surface area contributed by atoms with E-state index in [1.165, 1.54) is 12.5 Å². The van der Waals surface area contributed by atoms with Crippen molar-refractivity contribution in [2.45, 2.75) is 0 Å². The number of amides is 1. The lowest BCUT2D eigenvalue weighted by Gasteiger charge is -2.04. The largest absolute Gasteiger partial charge is 0.472 e. The first-order valence-corrected chi connectivity index (χ1v) is 5.51. The van der Waals surface area contributed by atoms with Crippen LogP contribution in [0, 0.1) is 0 Å². The Labute approximate surface area is 103 Å². The van der Waals surface area contributed by atoms with E-state index in [-0.39, 0.29) is 5.91 Å². The van der Waals surface area contributed by atoms with Gasteiger partial charge in [-0.05, 0) is 18.2 Å². The van der Waals surface area contributed by atoms with Gasteiger partial charge in [0.15, 0.2) is 0 Å². The van der Waals surface area contributed by atoms with Gasteiger partial charge >= 0.3 is 0 Å². The fourth-order valence-electron chi connectivity index (χ4n) is 1.74. The molecule has 2 heterocycles. The van der Waals surface area contributed by atoms with Crippen LogP contribution in [0.1, 0.15) is 10.4 Å². The predicted molar refractivity (Wildman–Crippen MR) is 68.4 cm³/mol. The first kappa shape index (κ1) is 10.5. The fourth-order valence-corrected chi connectivity index (χ4v) is 1.74. The second-order valence-electron chi connectivity index (χ2n) is 3.88. The molecule has 18 heavy (non-hydrogen) atoms. The van der Waals surface area contributed by atoms with Gasteiger partial charge in [-0.2, -0.15) is 0 Å². The Hall–Kier alpha value is -2.62. The molecule has 0 aliphatic rings. The molecule has 0 atom stereocenters. The van der Waals surface area contributed by atoms with Crippen LogP contribution in [0.2, 0.25) is 0 Å². The van der Waals surface area contributed by atoms with E-state index in [1.807, 2.05) is 30.3 Å². The molecule has 0 spiro atoms. The number of aromatic nitrogens is 1. The van der Waals surface area contributed by atoms with E-state index >= 15 is 0 Å². The van der Waals surface area contributed by atoms with Crippen LogP contribution >= 0.6 is 0 Å². The van der Waals surface area contributed by atoms with E-state index in [4.69, 9.17) is 4.42 Å². The number of hydrogen-bond acceptors (Lipinski definition) is 3. The van der Waals surface area contributed by atoms with Crippen molar-refractivity contribution in [3.63, 3.8) is 0 Å². The van der Waals surface area contributed by atoms with Gasteiger partial charge in [0, 0.05) is 5.39 Å². The Morgan fingerprint density at radius 3 is 2.94 bits per heavy atom. The minimum absolute atomic E-state index is 0.208. The summed E-state index contributed by atoms with van der Waals surface area (Å²) in [7, 11) is 0. The number of nitrogens with zero attached hydrogens (tertiary/aromatic N) is 1. The molecule has 0 saturated heterocycles. The molecule has 0 unspecified atom stereocenters. The third-order valence-corrected chi connectivity index (χ3v) is 2.63. The van der Waals surface area contributed by atoms with Crippen molar-refractivity contribution >= 4 is 22.5 Å². The lowest BCUT2D eigenvalue weighted by atomic mass is 10.2. The van der Waals surface area contributed by atoms with E-state index < -0.39 is 0 Å². The van der Waals surface area contributed by atoms with Gasteiger partial charge in [-0.15, -0.1) is 0 Å². The van der Waals surface area contributed by atoms with Crippen molar-refractivity contribution in [1.82, 2.24) is 4.98 Å². The first-order chi connectivity index (χ1) is 8.83. The second-order valence-corrected chi connectivity index (χ2v) is 3.88. The third-order valence-electron chi connectivity index (χ3n) is 2.63. The lowest BCUT2D eigenvalue weighted by molar-refractivity contribution is 0.102. The maximum Gasteiger partial charge on any atom is 0.258 e. The summed E-state index contributed by atoms with van der Waals surface area (Å²) in [4.78, 5) is 16.1. The van der Waals surface area contributed by atoms with Crippen LogP contribution in [-0.4, -0.2) is 10.9 Å². The zero-order chi connectivity index (χ0) is 12.4. The van der Waals surface area contributed by atoms with Crippen LogP contribution in [0.5, 0.6) is 0 Å².